The van der Waals surface area contributed by atoms with Crippen molar-refractivity contribution in [3.8, 4) is 5.75 Å². The normalized spacial score (nSPS) is 10.7. The Morgan fingerprint density at radius 2 is 1.90 bits per heavy atom. The molecular formula is C17H14O3S. The van der Waals surface area contributed by atoms with E-state index < -0.39 is 0 Å². The van der Waals surface area contributed by atoms with E-state index in [1.165, 1.54) is 0 Å². The summed E-state index contributed by atoms with van der Waals surface area (Å²) in [6, 6.07) is 17.0. The van der Waals surface area contributed by atoms with Crippen LogP contribution in [0.15, 0.2) is 63.9 Å². The minimum absolute atomic E-state index is 0.0304. The van der Waals surface area contributed by atoms with Gasteiger partial charge in [-0.1, -0.05) is 30.3 Å². The Bertz CT molecular complexity index is 743. The van der Waals surface area contributed by atoms with Crippen LogP contribution in [0.25, 0.3) is 11.0 Å². The number of furan rings is 1. The van der Waals surface area contributed by atoms with Gasteiger partial charge < -0.3 is 9.15 Å². The van der Waals surface area contributed by atoms with Crippen molar-refractivity contribution >= 4 is 28.5 Å². The van der Waals surface area contributed by atoms with Gasteiger partial charge >= 0.3 is 0 Å². The number of Topliss-reactive ketones (excluding diaryl/α,β-unsaturated/α-hetero) is 1. The number of hydrogen-bond donors (Lipinski definition) is 0. The van der Waals surface area contributed by atoms with Crippen LogP contribution >= 0.6 is 11.8 Å². The van der Waals surface area contributed by atoms with Gasteiger partial charge in [-0.3, -0.25) is 4.79 Å². The highest BCUT2D eigenvalue weighted by Crippen LogP contribution is 2.27. The van der Waals surface area contributed by atoms with E-state index in [0.29, 0.717) is 11.3 Å². The SMILES string of the molecule is CSc1ccccc1OCC(=O)c1cc2ccccc2o1. The number of benzene rings is 2. The molecule has 0 aliphatic carbocycles. The Morgan fingerprint density at radius 1 is 1.14 bits per heavy atom. The minimum Gasteiger partial charge on any atom is -0.484 e. The smallest absolute Gasteiger partial charge is 0.235 e. The van der Waals surface area contributed by atoms with Gasteiger partial charge in [-0.2, -0.15) is 0 Å². The number of fused-ring (bicyclic) bond motifs is 1. The molecule has 0 unspecified atom stereocenters. The van der Waals surface area contributed by atoms with Crippen LogP contribution in [0.2, 0.25) is 0 Å². The fourth-order valence-electron chi connectivity index (χ4n) is 2.07. The van der Waals surface area contributed by atoms with Gasteiger partial charge in [-0.25, -0.2) is 0 Å². The summed E-state index contributed by atoms with van der Waals surface area (Å²) in [5.74, 6) is 0.884. The largest absolute Gasteiger partial charge is 0.484 e. The van der Waals surface area contributed by atoms with E-state index in [2.05, 4.69) is 0 Å². The van der Waals surface area contributed by atoms with Crippen LogP contribution in [0.1, 0.15) is 10.6 Å². The summed E-state index contributed by atoms with van der Waals surface area (Å²) in [7, 11) is 0. The summed E-state index contributed by atoms with van der Waals surface area (Å²) >= 11 is 1.59. The number of ether oxygens (including phenoxy) is 1. The molecule has 3 rings (SSSR count). The summed E-state index contributed by atoms with van der Waals surface area (Å²) in [5, 5.41) is 0.922. The molecule has 0 bridgehead atoms. The zero-order chi connectivity index (χ0) is 14.7. The molecule has 1 aromatic heterocycles. The van der Waals surface area contributed by atoms with Gasteiger partial charge in [0.25, 0.3) is 0 Å². The molecular weight excluding hydrogens is 284 g/mol. The van der Waals surface area contributed by atoms with E-state index in [1.807, 2.05) is 54.8 Å². The second-order valence-electron chi connectivity index (χ2n) is 4.51. The van der Waals surface area contributed by atoms with Gasteiger partial charge in [0, 0.05) is 10.3 Å². The second kappa shape index (κ2) is 6.06. The molecule has 0 aliphatic rings. The van der Waals surface area contributed by atoms with Crippen LogP contribution in [0.3, 0.4) is 0 Å². The zero-order valence-electron chi connectivity index (χ0n) is 11.5. The molecule has 4 heteroatoms. The number of hydrogen-bond acceptors (Lipinski definition) is 4. The zero-order valence-corrected chi connectivity index (χ0v) is 12.4. The molecule has 0 fully saturated rings. The molecule has 0 atom stereocenters. The highest BCUT2D eigenvalue weighted by molar-refractivity contribution is 7.98. The molecule has 0 saturated heterocycles. The fraction of sp³-hybridized carbons (Fsp3) is 0.118. The van der Waals surface area contributed by atoms with E-state index >= 15 is 0 Å². The van der Waals surface area contributed by atoms with E-state index in [-0.39, 0.29) is 12.4 Å². The van der Waals surface area contributed by atoms with Crippen molar-refractivity contribution in [1.29, 1.82) is 0 Å². The first-order chi connectivity index (χ1) is 10.3. The predicted molar refractivity (Wildman–Crippen MR) is 84.3 cm³/mol. The summed E-state index contributed by atoms with van der Waals surface area (Å²) in [6.45, 7) is -0.0304. The average molecular weight is 298 g/mol. The summed E-state index contributed by atoms with van der Waals surface area (Å²) in [5.41, 5.74) is 0.713. The van der Waals surface area contributed by atoms with Gasteiger partial charge in [0.15, 0.2) is 12.4 Å². The van der Waals surface area contributed by atoms with Crippen LogP contribution in [0.4, 0.5) is 0 Å². The number of thioether (sulfide) groups is 1. The van der Waals surface area contributed by atoms with E-state index in [1.54, 1.807) is 17.8 Å². The predicted octanol–water partition coefficient (Wildman–Crippen LogP) is 4.42. The maximum absolute atomic E-state index is 12.2. The number of rotatable bonds is 5. The van der Waals surface area contributed by atoms with Crippen LogP contribution in [-0.2, 0) is 0 Å². The quantitative estimate of drug-likeness (QED) is 0.516. The lowest BCUT2D eigenvalue weighted by molar-refractivity contribution is 0.0894. The first-order valence-corrected chi connectivity index (χ1v) is 7.78. The third kappa shape index (κ3) is 2.95. The van der Waals surface area contributed by atoms with Crippen molar-refractivity contribution in [2.24, 2.45) is 0 Å². The van der Waals surface area contributed by atoms with Crippen molar-refractivity contribution in [3.63, 3.8) is 0 Å². The number of para-hydroxylation sites is 2. The monoisotopic (exact) mass is 298 g/mol. The molecule has 21 heavy (non-hydrogen) atoms. The minimum atomic E-state index is -0.165. The van der Waals surface area contributed by atoms with Crippen LogP contribution in [-0.4, -0.2) is 18.6 Å². The Morgan fingerprint density at radius 3 is 2.71 bits per heavy atom. The van der Waals surface area contributed by atoms with Gasteiger partial charge in [0.05, 0.1) is 0 Å². The van der Waals surface area contributed by atoms with Crippen molar-refractivity contribution in [3.05, 3.63) is 60.4 Å². The van der Waals surface area contributed by atoms with Crippen LogP contribution in [0.5, 0.6) is 5.75 Å². The molecule has 0 N–H and O–H groups in total. The number of ketones is 1. The van der Waals surface area contributed by atoms with Crippen LogP contribution < -0.4 is 4.74 Å². The second-order valence-corrected chi connectivity index (χ2v) is 5.36. The van der Waals surface area contributed by atoms with Crippen LogP contribution in [0, 0.1) is 0 Å². The molecule has 2 aromatic carbocycles. The molecule has 0 aliphatic heterocycles. The lowest BCUT2D eigenvalue weighted by atomic mass is 10.2. The maximum atomic E-state index is 12.2. The molecule has 106 valence electrons. The first kappa shape index (κ1) is 13.8. The van der Waals surface area contributed by atoms with Crippen molar-refractivity contribution in [2.45, 2.75) is 4.90 Å². The van der Waals surface area contributed by atoms with Gasteiger partial charge in [-0.15, -0.1) is 11.8 Å². The highest BCUT2D eigenvalue weighted by atomic mass is 32.2. The van der Waals surface area contributed by atoms with E-state index in [0.717, 1.165) is 16.0 Å². The lowest BCUT2D eigenvalue weighted by Crippen LogP contribution is -2.11. The van der Waals surface area contributed by atoms with E-state index in [4.69, 9.17) is 9.15 Å². The number of carbonyl (C=O) groups is 1. The molecule has 0 spiro atoms. The van der Waals surface area contributed by atoms with Crippen molar-refractivity contribution in [2.75, 3.05) is 12.9 Å². The third-order valence-corrected chi connectivity index (χ3v) is 3.91. The molecule has 3 nitrogen and oxygen atoms in total. The average Bonchev–Trinajstić information content (AvgIpc) is 2.97. The van der Waals surface area contributed by atoms with Crippen molar-refractivity contribution < 1.29 is 13.9 Å². The van der Waals surface area contributed by atoms with Gasteiger partial charge in [-0.05, 0) is 30.5 Å². The Hall–Kier alpha value is -2.20. The topological polar surface area (TPSA) is 39.4 Å². The Kier molecular flexibility index (Phi) is 3.97. The molecule has 1 heterocycles. The molecule has 0 saturated carbocycles. The molecule has 0 amide bonds. The maximum Gasteiger partial charge on any atom is 0.235 e. The lowest BCUT2D eigenvalue weighted by Gasteiger charge is -2.08. The molecule has 3 aromatic rings. The highest BCUT2D eigenvalue weighted by Gasteiger charge is 2.13. The van der Waals surface area contributed by atoms with Gasteiger partial charge in [0.1, 0.15) is 11.3 Å². The summed E-state index contributed by atoms with van der Waals surface area (Å²) in [6.07, 6.45) is 1.98. The van der Waals surface area contributed by atoms with E-state index in [9.17, 15) is 4.79 Å². The summed E-state index contributed by atoms with van der Waals surface area (Å²) in [4.78, 5) is 13.2. The third-order valence-electron chi connectivity index (χ3n) is 3.13. The standard InChI is InChI=1S/C17H14O3S/c1-21-17-9-5-4-8-15(17)19-11-13(18)16-10-12-6-2-3-7-14(12)20-16/h2-10H,11H2,1H3. The summed E-state index contributed by atoms with van der Waals surface area (Å²) < 4.78 is 11.1. The fourth-order valence-corrected chi connectivity index (χ4v) is 2.61. The first-order valence-electron chi connectivity index (χ1n) is 6.55. The molecule has 0 radical (unpaired) electrons. The number of carbonyl (C=O) groups excluding carboxylic acids is 1. The Labute approximate surface area is 126 Å². The Balaban J connectivity index is 1.74. The van der Waals surface area contributed by atoms with Crippen molar-refractivity contribution in [1.82, 2.24) is 0 Å². The van der Waals surface area contributed by atoms with Gasteiger partial charge in [0.2, 0.25) is 5.78 Å².